The van der Waals surface area contributed by atoms with Crippen molar-refractivity contribution in [2.24, 2.45) is 5.92 Å². The number of halogens is 1. The zero-order chi connectivity index (χ0) is 17.4. The zero-order valence-electron chi connectivity index (χ0n) is 14.6. The topological polar surface area (TPSA) is 52.5 Å². The minimum Gasteiger partial charge on any atom is -0.395 e. The molecule has 0 bridgehead atoms. The van der Waals surface area contributed by atoms with Gasteiger partial charge in [0.25, 0.3) is 0 Å². The Kier molecular flexibility index (Phi) is 7.77. The van der Waals surface area contributed by atoms with Crippen molar-refractivity contribution < 1.29 is 5.11 Å². The Morgan fingerprint density at radius 2 is 2.00 bits per heavy atom. The highest BCUT2D eigenvalue weighted by atomic mass is 35.5. The van der Waals surface area contributed by atoms with Crippen molar-refractivity contribution in [3.63, 3.8) is 0 Å². The first-order valence-corrected chi connectivity index (χ1v) is 9.05. The fraction of sp³-hybridized carbons (Fsp3) is 0.667. The highest BCUT2D eigenvalue weighted by Gasteiger charge is 2.24. The van der Waals surface area contributed by atoms with Crippen molar-refractivity contribution in [1.29, 1.82) is 0 Å². The average Bonchev–Trinajstić information content (AvgIpc) is 2.61. The molecule has 0 amide bonds. The molecule has 1 aliphatic rings. The number of aliphatic hydroxyl groups is 1. The largest absolute Gasteiger partial charge is 0.395 e. The van der Waals surface area contributed by atoms with E-state index >= 15 is 0 Å². The van der Waals surface area contributed by atoms with Gasteiger partial charge in [0.2, 0.25) is 0 Å². The van der Waals surface area contributed by atoms with E-state index in [1.807, 2.05) is 6.07 Å². The van der Waals surface area contributed by atoms with Gasteiger partial charge in [-0.25, -0.2) is 0 Å². The zero-order valence-corrected chi connectivity index (χ0v) is 15.3. The van der Waals surface area contributed by atoms with Crippen LogP contribution in [-0.4, -0.2) is 59.5 Å². The number of aromatic nitrogens is 2. The lowest BCUT2D eigenvalue weighted by molar-refractivity contribution is 0.216. The molecule has 24 heavy (non-hydrogen) atoms. The fourth-order valence-corrected chi connectivity index (χ4v) is 3.18. The summed E-state index contributed by atoms with van der Waals surface area (Å²) in [6.07, 6.45) is 4.48. The third kappa shape index (κ3) is 5.62. The van der Waals surface area contributed by atoms with Crippen LogP contribution in [0.1, 0.15) is 32.6 Å². The molecule has 1 aliphatic carbocycles. The SMILES string of the molecule is CCN(CC#CC1CCC(N(C)c2ccc(Cl)nn2)CC1)CCO. The summed E-state index contributed by atoms with van der Waals surface area (Å²) >= 11 is 5.80. The lowest BCUT2D eigenvalue weighted by atomic mass is 9.86. The van der Waals surface area contributed by atoms with Gasteiger partial charge in [-0.1, -0.05) is 30.4 Å². The molecule has 1 aromatic rings. The molecular formula is C18H27ClN4O. The summed E-state index contributed by atoms with van der Waals surface area (Å²) < 4.78 is 0. The molecule has 1 saturated carbocycles. The number of likely N-dealkylation sites (N-methyl/N-ethyl adjacent to an activating group) is 1. The van der Waals surface area contributed by atoms with Gasteiger partial charge in [0.1, 0.15) is 0 Å². The van der Waals surface area contributed by atoms with Gasteiger partial charge in [-0.05, 0) is 44.4 Å². The highest BCUT2D eigenvalue weighted by molar-refractivity contribution is 6.29. The Morgan fingerprint density at radius 3 is 2.58 bits per heavy atom. The summed E-state index contributed by atoms with van der Waals surface area (Å²) in [6, 6.07) is 4.19. The van der Waals surface area contributed by atoms with Crippen molar-refractivity contribution >= 4 is 17.4 Å². The molecule has 0 aliphatic heterocycles. The Morgan fingerprint density at radius 1 is 1.25 bits per heavy atom. The van der Waals surface area contributed by atoms with E-state index in [-0.39, 0.29) is 6.61 Å². The highest BCUT2D eigenvalue weighted by Crippen LogP contribution is 2.28. The lowest BCUT2D eigenvalue weighted by Gasteiger charge is -2.33. The molecule has 132 valence electrons. The van der Waals surface area contributed by atoms with Gasteiger partial charge in [-0.2, -0.15) is 0 Å². The van der Waals surface area contributed by atoms with E-state index in [2.05, 4.69) is 45.8 Å². The van der Waals surface area contributed by atoms with Gasteiger partial charge in [0, 0.05) is 25.6 Å². The van der Waals surface area contributed by atoms with Crippen LogP contribution in [0.2, 0.25) is 5.15 Å². The standard InChI is InChI=1S/C18H27ClN4O/c1-3-23(13-14-24)12-4-5-15-6-8-16(9-7-15)22(2)18-11-10-17(19)20-21-18/h10-11,15-16,24H,3,6-9,12-14H2,1-2H3. The monoisotopic (exact) mass is 350 g/mol. The van der Waals surface area contributed by atoms with E-state index in [9.17, 15) is 0 Å². The van der Waals surface area contributed by atoms with Crippen LogP contribution < -0.4 is 4.90 Å². The third-order valence-corrected chi connectivity index (χ3v) is 4.90. The smallest absolute Gasteiger partial charge is 0.151 e. The van der Waals surface area contributed by atoms with Crippen LogP contribution in [0.5, 0.6) is 0 Å². The molecule has 0 atom stereocenters. The average molecular weight is 351 g/mol. The molecule has 1 heterocycles. The van der Waals surface area contributed by atoms with Crippen molar-refractivity contribution in [3.8, 4) is 11.8 Å². The lowest BCUT2D eigenvalue weighted by Crippen LogP contribution is -2.35. The first-order valence-electron chi connectivity index (χ1n) is 8.67. The van der Waals surface area contributed by atoms with Crippen LogP contribution in [0.3, 0.4) is 0 Å². The molecule has 1 N–H and O–H groups in total. The fourth-order valence-electron chi connectivity index (χ4n) is 3.08. The molecule has 0 saturated heterocycles. The van der Waals surface area contributed by atoms with E-state index in [0.29, 0.717) is 23.7 Å². The normalized spacial score (nSPS) is 20.5. The number of rotatable bonds is 6. The van der Waals surface area contributed by atoms with Gasteiger partial charge in [-0.15, -0.1) is 10.2 Å². The Balaban J connectivity index is 1.80. The summed E-state index contributed by atoms with van der Waals surface area (Å²) in [5.74, 6) is 8.06. The molecule has 0 spiro atoms. The second kappa shape index (κ2) is 9.83. The maximum Gasteiger partial charge on any atom is 0.151 e. The molecule has 1 aromatic heterocycles. The third-order valence-electron chi connectivity index (χ3n) is 4.70. The minimum absolute atomic E-state index is 0.195. The summed E-state index contributed by atoms with van der Waals surface area (Å²) in [5.41, 5.74) is 0. The van der Waals surface area contributed by atoms with Crippen molar-refractivity contribution in [1.82, 2.24) is 15.1 Å². The first kappa shape index (κ1) is 19.0. The maximum atomic E-state index is 8.99. The van der Waals surface area contributed by atoms with Gasteiger partial charge in [-0.3, -0.25) is 4.90 Å². The molecule has 0 unspecified atom stereocenters. The second-order valence-corrected chi connectivity index (χ2v) is 6.63. The summed E-state index contributed by atoms with van der Waals surface area (Å²) in [7, 11) is 2.07. The Bertz CT molecular complexity index is 546. The summed E-state index contributed by atoms with van der Waals surface area (Å²) in [6.45, 7) is 4.66. The van der Waals surface area contributed by atoms with Crippen LogP contribution in [-0.2, 0) is 0 Å². The van der Waals surface area contributed by atoms with E-state index in [1.54, 1.807) is 6.07 Å². The molecule has 2 rings (SSSR count). The van der Waals surface area contributed by atoms with Crippen LogP contribution in [0.25, 0.3) is 0 Å². The minimum atomic E-state index is 0.195. The van der Waals surface area contributed by atoms with Gasteiger partial charge in [0.05, 0.1) is 13.2 Å². The van der Waals surface area contributed by atoms with Gasteiger partial charge < -0.3 is 10.0 Å². The van der Waals surface area contributed by atoms with Crippen LogP contribution in [0.15, 0.2) is 12.1 Å². The molecule has 0 radical (unpaired) electrons. The Hall–Kier alpha value is -1.35. The number of hydrogen-bond donors (Lipinski definition) is 1. The van der Waals surface area contributed by atoms with E-state index in [4.69, 9.17) is 16.7 Å². The van der Waals surface area contributed by atoms with Crippen molar-refractivity contribution in [3.05, 3.63) is 17.3 Å². The Labute approximate surface area is 150 Å². The van der Waals surface area contributed by atoms with Crippen LogP contribution >= 0.6 is 11.6 Å². The van der Waals surface area contributed by atoms with E-state index in [0.717, 1.165) is 44.6 Å². The second-order valence-electron chi connectivity index (χ2n) is 6.24. The number of nitrogens with zero attached hydrogens (tertiary/aromatic N) is 4. The number of hydrogen-bond acceptors (Lipinski definition) is 5. The summed E-state index contributed by atoms with van der Waals surface area (Å²) in [5, 5.41) is 17.5. The molecule has 1 fully saturated rings. The van der Waals surface area contributed by atoms with Crippen LogP contribution in [0.4, 0.5) is 5.82 Å². The quantitative estimate of drug-likeness (QED) is 0.799. The van der Waals surface area contributed by atoms with Crippen LogP contribution in [0, 0.1) is 17.8 Å². The molecule has 6 heteroatoms. The van der Waals surface area contributed by atoms with Gasteiger partial charge >= 0.3 is 0 Å². The van der Waals surface area contributed by atoms with E-state index in [1.165, 1.54) is 0 Å². The van der Waals surface area contributed by atoms with Crippen molar-refractivity contribution in [2.75, 3.05) is 38.2 Å². The number of anilines is 1. The molecule has 5 nitrogen and oxygen atoms in total. The first-order chi connectivity index (χ1) is 11.6. The number of aliphatic hydroxyl groups excluding tert-OH is 1. The predicted molar refractivity (Wildman–Crippen MR) is 98.2 cm³/mol. The molecular weight excluding hydrogens is 324 g/mol. The van der Waals surface area contributed by atoms with Gasteiger partial charge in [0.15, 0.2) is 11.0 Å². The maximum absolute atomic E-state index is 8.99. The summed E-state index contributed by atoms with van der Waals surface area (Å²) in [4.78, 5) is 4.36. The predicted octanol–water partition coefficient (Wildman–Crippen LogP) is 2.44. The van der Waals surface area contributed by atoms with Crippen molar-refractivity contribution in [2.45, 2.75) is 38.6 Å². The molecule has 0 aromatic carbocycles. The van der Waals surface area contributed by atoms with E-state index < -0.39 is 0 Å².